The number of nitrogens with zero attached hydrogens (tertiary/aromatic N) is 2. The Morgan fingerprint density at radius 3 is 2.72 bits per heavy atom. The van der Waals surface area contributed by atoms with Gasteiger partial charge in [-0.3, -0.25) is 20.1 Å². The van der Waals surface area contributed by atoms with E-state index in [1.54, 1.807) is 0 Å². The van der Waals surface area contributed by atoms with Gasteiger partial charge in [0.05, 0.1) is 0 Å². The fourth-order valence-electron chi connectivity index (χ4n) is 1.79. The fourth-order valence-corrected chi connectivity index (χ4v) is 1.79. The van der Waals surface area contributed by atoms with Crippen LogP contribution in [-0.4, -0.2) is 28.9 Å². The third kappa shape index (κ3) is 5.75. The summed E-state index contributed by atoms with van der Waals surface area (Å²) in [6.07, 6.45) is 6.01. The SMILES string of the molecule is CCN(CCCCC(=O)NN)Cc1ccncc1. The Kier molecular flexibility index (Phi) is 6.98. The highest BCUT2D eigenvalue weighted by atomic mass is 16.2. The van der Waals surface area contributed by atoms with E-state index in [2.05, 4.69) is 22.2 Å². The lowest BCUT2D eigenvalue weighted by atomic mass is 10.2. The summed E-state index contributed by atoms with van der Waals surface area (Å²) in [6.45, 7) is 5.08. The minimum Gasteiger partial charge on any atom is -0.299 e. The van der Waals surface area contributed by atoms with Gasteiger partial charge in [0.1, 0.15) is 0 Å². The maximum absolute atomic E-state index is 11.0. The van der Waals surface area contributed by atoms with Gasteiger partial charge in [-0.05, 0) is 43.6 Å². The van der Waals surface area contributed by atoms with Crippen LogP contribution in [-0.2, 0) is 11.3 Å². The minimum atomic E-state index is -0.0906. The molecule has 0 aromatic carbocycles. The van der Waals surface area contributed by atoms with Crippen molar-refractivity contribution in [3.63, 3.8) is 0 Å². The van der Waals surface area contributed by atoms with Gasteiger partial charge >= 0.3 is 0 Å². The molecule has 18 heavy (non-hydrogen) atoms. The van der Waals surface area contributed by atoms with E-state index in [-0.39, 0.29) is 5.91 Å². The molecule has 1 aromatic rings. The number of carbonyl (C=O) groups is 1. The van der Waals surface area contributed by atoms with Gasteiger partial charge in [-0.15, -0.1) is 0 Å². The standard InChI is InChI=1S/C13H22N4O/c1-2-17(10-4-3-5-13(18)16-14)11-12-6-8-15-9-7-12/h6-9H,2-5,10-11,14H2,1H3,(H,16,18). The summed E-state index contributed by atoms with van der Waals surface area (Å²) >= 11 is 0. The number of hydrogen-bond acceptors (Lipinski definition) is 4. The number of unbranched alkanes of at least 4 members (excludes halogenated alkanes) is 1. The Morgan fingerprint density at radius 1 is 1.39 bits per heavy atom. The van der Waals surface area contributed by atoms with Gasteiger partial charge in [0, 0.05) is 25.4 Å². The molecule has 0 aliphatic rings. The van der Waals surface area contributed by atoms with Crippen molar-refractivity contribution in [1.29, 1.82) is 0 Å². The van der Waals surface area contributed by atoms with Crippen LogP contribution < -0.4 is 11.3 Å². The molecule has 0 saturated heterocycles. The molecule has 5 nitrogen and oxygen atoms in total. The molecular weight excluding hydrogens is 228 g/mol. The van der Waals surface area contributed by atoms with E-state index >= 15 is 0 Å². The summed E-state index contributed by atoms with van der Waals surface area (Å²) in [7, 11) is 0. The first kappa shape index (κ1) is 14.6. The van der Waals surface area contributed by atoms with Crippen molar-refractivity contribution in [3.8, 4) is 0 Å². The van der Waals surface area contributed by atoms with Crippen LogP contribution in [0.15, 0.2) is 24.5 Å². The molecule has 1 aromatic heterocycles. The molecule has 0 aliphatic heterocycles. The number of aromatic nitrogens is 1. The molecule has 0 saturated carbocycles. The van der Waals surface area contributed by atoms with Gasteiger partial charge in [0.15, 0.2) is 0 Å². The van der Waals surface area contributed by atoms with Crippen molar-refractivity contribution in [2.75, 3.05) is 13.1 Å². The Labute approximate surface area is 108 Å². The van der Waals surface area contributed by atoms with E-state index < -0.39 is 0 Å². The van der Waals surface area contributed by atoms with Crippen LogP contribution in [0.2, 0.25) is 0 Å². The van der Waals surface area contributed by atoms with Crippen LogP contribution in [0.5, 0.6) is 0 Å². The summed E-state index contributed by atoms with van der Waals surface area (Å²) in [4.78, 5) is 17.3. The van der Waals surface area contributed by atoms with Crippen molar-refractivity contribution in [2.45, 2.75) is 32.7 Å². The number of pyridine rings is 1. The Morgan fingerprint density at radius 2 is 2.11 bits per heavy atom. The van der Waals surface area contributed by atoms with E-state index in [1.807, 2.05) is 24.5 Å². The zero-order valence-corrected chi connectivity index (χ0v) is 10.9. The third-order valence-electron chi connectivity index (χ3n) is 2.89. The predicted molar refractivity (Wildman–Crippen MR) is 71.4 cm³/mol. The summed E-state index contributed by atoms with van der Waals surface area (Å²) in [6, 6.07) is 4.06. The van der Waals surface area contributed by atoms with E-state index in [4.69, 9.17) is 5.84 Å². The average molecular weight is 250 g/mol. The quantitative estimate of drug-likeness (QED) is 0.313. The fraction of sp³-hybridized carbons (Fsp3) is 0.538. The highest BCUT2D eigenvalue weighted by molar-refractivity contribution is 5.75. The van der Waals surface area contributed by atoms with Crippen LogP contribution in [0, 0.1) is 0 Å². The molecule has 0 radical (unpaired) electrons. The Balaban J connectivity index is 2.24. The zero-order valence-electron chi connectivity index (χ0n) is 10.9. The lowest BCUT2D eigenvalue weighted by Gasteiger charge is -2.20. The molecule has 0 fully saturated rings. The van der Waals surface area contributed by atoms with Crippen LogP contribution in [0.1, 0.15) is 31.7 Å². The van der Waals surface area contributed by atoms with Crippen molar-refractivity contribution in [2.24, 2.45) is 5.84 Å². The van der Waals surface area contributed by atoms with Crippen molar-refractivity contribution >= 4 is 5.91 Å². The maximum atomic E-state index is 11.0. The molecule has 1 rings (SSSR count). The first-order valence-electron chi connectivity index (χ1n) is 6.37. The second-order valence-electron chi connectivity index (χ2n) is 4.25. The topological polar surface area (TPSA) is 71.2 Å². The Bertz CT molecular complexity index is 342. The molecule has 0 bridgehead atoms. The summed E-state index contributed by atoms with van der Waals surface area (Å²) in [5.74, 6) is 4.94. The number of carbonyl (C=O) groups excluding carboxylic acids is 1. The van der Waals surface area contributed by atoms with Crippen molar-refractivity contribution in [1.82, 2.24) is 15.3 Å². The monoisotopic (exact) mass is 250 g/mol. The van der Waals surface area contributed by atoms with E-state index in [0.717, 1.165) is 32.5 Å². The highest BCUT2D eigenvalue weighted by Crippen LogP contribution is 2.05. The summed E-state index contributed by atoms with van der Waals surface area (Å²) in [5.41, 5.74) is 3.42. The number of amides is 1. The molecule has 1 heterocycles. The Hall–Kier alpha value is -1.46. The van der Waals surface area contributed by atoms with Crippen LogP contribution in [0.3, 0.4) is 0 Å². The molecule has 3 N–H and O–H groups in total. The lowest BCUT2D eigenvalue weighted by molar-refractivity contribution is -0.121. The van der Waals surface area contributed by atoms with Gasteiger partial charge in [0.2, 0.25) is 5.91 Å². The van der Waals surface area contributed by atoms with Crippen molar-refractivity contribution in [3.05, 3.63) is 30.1 Å². The number of hydrogen-bond donors (Lipinski definition) is 2. The molecule has 100 valence electrons. The molecule has 0 atom stereocenters. The highest BCUT2D eigenvalue weighted by Gasteiger charge is 2.04. The van der Waals surface area contributed by atoms with E-state index in [9.17, 15) is 4.79 Å². The first-order valence-corrected chi connectivity index (χ1v) is 6.37. The van der Waals surface area contributed by atoms with Gasteiger partial charge in [-0.25, -0.2) is 5.84 Å². The second kappa shape index (κ2) is 8.60. The molecule has 1 amide bonds. The molecule has 5 heteroatoms. The predicted octanol–water partition coefficient (Wildman–Crippen LogP) is 1.06. The molecule has 0 unspecified atom stereocenters. The maximum Gasteiger partial charge on any atom is 0.233 e. The third-order valence-corrected chi connectivity index (χ3v) is 2.89. The molecule has 0 spiro atoms. The summed E-state index contributed by atoms with van der Waals surface area (Å²) < 4.78 is 0. The van der Waals surface area contributed by atoms with Crippen LogP contribution in [0.25, 0.3) is 0 Å². The number of hydrazine groups is 1. The first-order chi connectivity index (χ1) is 8.76. The molecule has 0 aliphatic carbocycles. The van der Waals surface area contributed by atoms with Gasteiger partial charge in [-0.2, -0.15) is 0 Å². The largest absolute Gasteiger partial charge is 0.299 e. The number of nitrogens with one attached hydrogen (secondary N) is 1. The van der Waals surface area contributed by atoms with Gasteiger partial charge < -0.3 is 0 Å². The average Bonchev–Trinajstić information content (AvgIpc) is 2.43. The number of rotatable bonds is 8. The van der Waals surface area contributed by atoms with Crippen molar-refractivity contribution < 1.29 is 4.79 Å². The zero-order chi connectivity index (χ0) is 13.2. The van der Waals surface area contributed by atoms with Gasteiger partial charge in [-0.1, -0.05) is 6.92 Å². The van der Waals surface area contributed by atoms with Crippen LogP contribution >= 0.6 is 0 Å². The van der Waals surface area contributed by atoms with E-state index in [1.165, 1.54) is 5.56 Å². The minimum absolute atomic E-state index is 0.0906. The normalized spacial score (nSPS) is 10.6. The smallest absolute Gasteiger partial charge is 0.233 e. The van der Waals surface area contributed by atoms with E-state index in [0.29, 0.717) is 6.42 Å². The number of nitrogens with two attached hydrogens (primary N) is 1. The molecular formula is C13H22N4O. The van der Waals surface area contributed by atoms with Crippen LogP contribution in [0.4, 0.5) is 0 Å². The van der Waals surface area contributed by atoms with Gasteiger partial charge in [0.25, 0.3) is 0 Å². The second-order valence-corrected chi connectivity index (χ2v) is 4.25. The lowest BCUT2D eigenvalue weighted by Crippen LogP contribution is -2.30. The summed E-state index contributed by atoms with van der Waals surface area (Å²) in [5, 5.41) is 0.